The van der Waals surface area contributed by atoms with Crippen LogP contribution in [0.4, 0.5) is 8.78 Å². The maximum Gasteiger partial charge on any atom is 0.159 e. The van der Waals surface area contributed by atoms with Gasteiger partial charge in [-0.15, -0.1) is 0 Å². The van der Waals surface area contributed by atoms with Crippen LogP contribution in [0.15, 0.2) is 42.7 Å². The molecule has 3 rings (SSSR count). The maximum atomic E-state index is 13.3. The van der Waals surface area contributed by atoms with Gasteiger partial charge in [0.1, 0.15) is 0 Å². The minimum absolute atomic E-state index is 0.360. The van der Waals surface area contributed by atoms with Crippen molar-refractivity contribution >= 4 is 0 Å². The van der Waals surface area contributed by atoms with Gasteiger partial charge in [-0.25, -0.2) is 18.7 Å². The first-order chi connectivity index (χ1) is 12.7. The molecule has 1 saturated carbocycles. The van der Waals surface area contributed by atoms with Crippen LogP contribution in [0.3, 0.4) is 0 Å². The maximum absolute atomic E-state index is 13.3. The van der Waals surface area contributed by atoms with E-state index in [-0.39, 0.29) is 0 Å². The zero-order valence-electron chi connectivity index (χ0n) is 14.9. The van der Waals surface area contributed by atoms with Crippen LogP contribution in [-0.4, -0.2) is 9.97 Å². The molecule has 1 aliphatic carbocycles. The van der Waals surface area contributed by atoms with Crippen molar-refractivity contribution in [2.75, 3.05) is 0 Å². The fourth-order valence-corrected chi connectivity index (χ4v) is 3.23. The molecule has 2 aromatic rings. The van der Waals surface area contributed by atoms with Gasteiger partial charge < -0.3 is 0 Å². The highest BCUT2D eigenvalue weighted by Gasteiger charge is 2.18. The second-order valence-electron chi connectivity index (χ2n) is 6.72. The van der Waals surface area contributed by atoms with Crippen LogP contribution in [0.2, 0.25) is 0 Å². The van der Waals surface area contributed by atoms with Crippen molar-refractivity contribution in [2.45, 2.75) is 39.0 Å². The van der Waals surface area contributed by atoms with Crippen molar-refractivity contribution in [2.24, 2.45) is 11.8 Å². The van der Waals surface area contributed by atoms with Crippen molar-refractivity contribution in [3.05, 3.63) is 59.9 Å². The molecule has 0 spiro atoms. The van der Waals surface area contributed by atoms with Gasteiger partial charge in [0.25, 0.3) is 0 Å². The van der Waals surface area contributed by atoms with E-state index >= 15 is 0 Å². The lowest BCUT2D eigenvalue weighted by molar-refractivity contribution is 0.319. The summed E-state index contributed by atoms with van der Waals surface area (Å²) in [6.07, 6.45) is 13.6. The average molecular weight is 352 g/mol. The molecule has 2 nitrogen and oxygen atoms in total. The summed E-state index contributed by atoms with van der Waals surface area (Å²) in [6, 6.07) is 3.64. The van der Waals surface area contributed by atoms with E-state index in [1.165, 1.54) is 25.3 Å². The summed E-state index contributed by atoms with van der Waals surface area (Å²) < 4.78 is 26.3. The topological polar surface area (TPSA) is 25.8 Å². The number of aromatic nitrogens is 2. The SMILES string of the molecule is CC=CCC1CCC(C#Cc2cnc(-c3ccc(F)c(F)c3)nc2)CC1. The summed E-state index contributed by atoms with van der Waals surface area (Å²) >= 11 is 0. The number of nitrogens with zero attached hydrogens (tertiary/aromatic N) is 2. The summed E-state index contributed by atoms with van der Waals surface area (Å²) in [6.45, 7) is 2.07. The fraction of sp³-hybridized carbons (Fsp3) is 0.364. The van der Waals surface area contributed by atoms with Crippen LogP contribution >= 0.6 is 0 Å². The minimum atomic E-state index is -0.903. The number of allylic oxidation sites excluding steroid dienone is 2. The Kier molecular flexibility index (Phi) is 6.12. The quantitative estimate of drug-likeness (QED) is 0.535. The molecular weight excluding hydrogens is 330 g/mol. The number of hydrogen-bond donors (Lipinski definition) is 0. The molecule has 0 amide bonds. The van der Waals surface area contributed by atoms with Gasteiger partial charge in [0.05, 0.1) is 5.56 Å². The molecule has 0 N–H and O–H groups in total. The largest absolute Gasteiger partial charge is 0.235 e. The van der Waals surface area contributed by atoms with Gasteiger partial charge in [-0.1, -0.05) is 24.0 Å². The smallest absolute Gasteiger partial charge is 0.159 e. The van der Waals surface area contributed by atoms with Crippen LogP contribution in [0, 0.1) is 35.3 Å². The third-order valence-electron chi connectivity index (χ3n) is 4.80. The summed E-state index contributed by atoms with van der Waals surface area (Å²) in [5.74, 6) is 6.29. The van der Waals surface area contributed by atoms with Gasteiger partial charge in [0.15, 0.2) is 17.5 Å². The molecular formula is C22H22F2N2. The molecule has 134 valence electrons. The van der Waals surface area contributed by atoms with Gasteiger partial charge in [0.2, 0.25) is 0 Å². The van der Waals surface area contributed by atoms with Crippen LogP contribution < -0.4 is 0 Å². The van der Waals surface area contributed by atoms with Gasteiger partial charge in [-0.3, -0.25) is 0 Å². The lowest BCUT2D eigenvalue weighted by Crippen LogP contribution is -2.12. The Balaban J connectivity index is 1.60. The summed E-state index contributed by atoms with van der Waals surface area (Å²) in [7, 11) is 0. The fourth-order valence-electron chi connectivity index (χ4n) is 3.23. The minimum Gasteiger partial charge on any atom is -0.235 e. The van der Waals surface area contributed by atoms with Crippen molar-refractivity contribution in [3.8, 4) is 23.2 Å². The van der Waals surface area contributed by atoms with Crippen molar-refractivity contribution in [1.29, 1.82) is 0 Å². The zero-order chi connectivity index (χ0) is 18.4. The number of halogens is 2. The molecule has 1 fully saturated rings. The van der Waals surface area contributed by atoms with Gasteiger partial charge in [0, 0.05) is 23.9 Å². The van der Waals surface area contributed by atoms with E-state index in [4.69, 9.17) is 0 Å². The highest BCUT2D eigenvalue weighted by Crippen LogP contribution is 2.30. The zero-order valence-corrected chi connectivity index (χ0v) is 14.9. The lowest BCUT2D eigenvalue weighted by Gasteiger charge is -2.24. The van der Waals surface area contributed by atoms with Crippen molar-refractivity contribution < 1.29 is 8.78 Å². The highest BCUT2D eigenvalue weighted by molar-refractivity contribution is 5.55. The third kappa shape index (κ3) is 4.76. The monoisotopic (exact) mass is 352 g/mol. The van der Waals surface area contributed by atoms with E-state index in [1.54, 1.807) is 12.4 Å². The predicted octanol–water partition coefficient (Wildman–Crippen LogP) is 5.55. The molecule has 1 aromatic carbocycles. The molecule has 0 atom stereocenters. The van der Waals surface area contributed by atoms with Crippen LogP contribution in [0.5, 0.6) is 0 Å². The van der Waals surface area contributed by atoms with E-state index in [0.717, 1.165) is 36.5 Å². The van der Waals surface area contributed by atoms with E-state index < -0.39 is 11.6 Å². The Morgan fingerprint density at radius 2 is 1.81 bits per heavy atom. The highest BCUT2D eigenvalue weighted by atomic mass is 19.2. The van der Waals surface area contributed by atoms with Crippen molar-refractivity contribution in [3.63, 3.8) is 0 Å². The van der Waals surface area contributed by atoms with Crippen LogP contribution in [0.25, 0.3) is 11.4 Å². The summed E-state index contributed by atoms with van der Waals surface area (Å²) in [5.41, 5.74) is 1.19. The summed E-state index contributed by atoms with van der Waals surface area (Å²) in [5, 5.41) is 0. The number of rotatable bonds is 3. The van der Waals surface area contributed by atoms with E-state index in [1.807, 2.05) is 0 Å². The molecule has 1 aromatic heterocycles. The average Bonchev–Trinajstić information content (AvgIpc) is 2.68. The molecule has 0 aliphatic heterocycles. The second kappa shape index (κ2) is 8.71. The molecule has 1 heterocycles. The van der Waals surface area contributed by atoms with E-state index in [2.05, 4.69) is 40.9 Å². The second-order valence-corrected chi connectivity index (χ2v) is 6.72. The summed E-state index contributed by atoms with van der Waals surface area (Å²) in [4.78, 5) is 8.44. The first-order valence-electron chi connectivity index (χ1n) is 9.06. The molecule has 4 heteroatoms. The van der Waals surface area contributed by atoms with Gasteiger partial charge in [-0.05, 0) is 63.1 Å². The Morgan fingerprint density at radius 3 is 2.46 bits per heavy atom. The van der Waals surface area contributed by atoms with E-state index in [9.17, 15) is 8.78 Å². The van der Waals surface area contributed by atoms with Gasteiger partial charge >= 0.3 is 0 Å². The predicted molar refractivity (Wildman–Crippen MR) is 99.1 cm³/mol. The Hall–Kier alpha value is -2.54. The van der Waals surface area contributed by atoms with E-state index in [0.29, 0.717) is 17.3 Å². The molecule has 0 saturated heterocycles. The molecule has 0 radical (unpaired) electrons. The normalized spacial score (nSPS) is 20.0. The Bertz CT molecular complexity index is 823. The van der Waals surface area contributed by atoms with Crippen molar-refractivity contribution in [1.82, 2.24) is 9.97 Å². The molecule has 0 unspecified atom stereocenters. The lowest BCUT2D eigenvalue weighted by atomic mass is 9.81. The van der Waals surface area contributed by atoms with Crippen LogP contribution in [0.1, 0.15) is 44.6 Å². The third-order valence-corrected chi connectivity index (χ3v) is 4.80. The first kappa shape index (κ1) is 18.3. The molecule has 0 bridgehead atoms. The van der Waals surface area contributed by atoms with Crippen LogP contribution in [-0.2, 0) is 0 Å². The molecule has 1 aliphatic rings. The Labute approximate surface area is 153 Å². The number of hydrogen-bond acceptors (Lipinski definition) is 2. The first-order valence-corrected chi connectivity index (χ1v) is 9.06. The van der Waals surface area contributed by atoms with Gasteiger partial charge in [-0.2, -0.15) is 0 Å². The Morgan fingerprint density at radius 1 is 1.08 bits per heavy atom. The standard InChI is InChI=1S/C22H22F2N2/c1-2-3-4-16-5-7-17(8-6-16)9-10-18-14-25-22(26-15-18)19-11-12-20(23)21(24)13-19/h2-3,11-17H,4-8H2,1H3. The molecule has 26 heavy (non-hydrogen) atoms. The number of benzene rings is 1.